The molecule has 0 saturated carbocycles. The molecule has 104 valence electrons. The highest BCUT2D eigenvalue weighted by atomic mass is 79.9. The smallest absolute Gasteiger partial charge is 0.283 e. The molecule has 2 aromatic carbocycles. The fraction of sp³-hybridized carbons (Fsp3) is 0.0769. The fourth-order valence-corrected chi connectivity index (χ4v) is 2.32. The van der Waals surface area contributed by atoms with Gasteiger partial charge in [-0.2, -0.15) is 0 Å². The second kappa shape index (κ2) is 6.32. The van der Waals surface area contributed by atoms with Crippen LogP contribution in [-0.4, -0.2) is 4.92 Å². The standard InChI is InChI=1S/C13H8Br2FNO3/c14-10-5-4-9(6-11(10)16)20-7-8-2-1-3-12(13(8)15)17(18)19/h1-6H,7H2. The SMILES string of the molecule is O=[N+]([O-])c1cccc(COc2ccc(Br)c(F)c2)c1Br. The number of rotatable bonds is 4. The van der Waals surface area contributed by atoms with Gasteiger partial charge in [-0.15, -0.1) is 0 Å². The highest BCUT2D eigenvalue weighted by molar-refractivity contribution is 9.11. The maximum absolute atomic E-state index is 13.3. The van der Waals surface area contributed by atoms with E-state index in [0.717, 1.165) is 0 Å². The van der Waals surface area contributed by atoms with Crippen molar-refractivity contribution >= 4 is 37.5 Å². The van der Waals surface area contributed by atoms with Crippen molar-refractivity contribution in [1.29, 1.82) is 0 Å². The van der Waals surface area contributed by atoms with Gasteiger partial charge in [0.15, 0.2) is 0 Å². The molecule has 0 aliphatic rings. The summed E-state index contributed by atoms with van der Waals surface area (Å²) in [6.07, 6.45) is 0. The fourth-order valence-electron chi connectivity index (χ4n) is 1.55. The van der Waals surface area contributed by atoms with Gasteiger partial charge in [0.1, 0.15) is 22.6 Å². The van der Waals surface area contributed by atoms with Crippen LogP contribution in [0.5, 0.6) is 5.75 Å². The average molecular weight is 405 g/mol. The second-order valence-corrected chi connectivity index (χ2v) is 5.52. The Morgan fingerprint density at radius 2 is 2.00 bits per heavy atom. The molecule has 0 heterocycles. The van der Waals surface area contributed by atoms with Crippen molar-refractivity contribution in [2.24, 2.45) is 0 Å². The molecule has 0 bridgehead atoms. The van der Waals surface area contributed by atoms with Gasteiger partial charge in [-0.1, -0.05) is 12.1 Å². The molecule has 2 rings (SSSR count). The largest absolute Gasteiger partial charge is 0.489 e. The molecule has 7 heteroatoms. The number of halogens is 3. The number of hydrogen-bond acceptors (Lipinski definition) is 3. The highest BCUT2D eigenvalue weighted by Gasteiger charge is 2.15. The van der Waals surface area contributed by atoms with Crippen LogP contribution in [0, 0.1) is 15.9 Å². The van der Waals surface area contributed by atoms with Crippen molar-refractivity contribution in [3.05, 3.63) is 66.8 Å². The minimum atomic E-state index is -0.479. The van der Waals surface area contributed by atoms with Gasteiger partial charge in [0.25, 0.3) is 5.69 Å². The summed E-state index contributed by atoms with van der Waals surface area (Å²) in [6, 6.07) is 9.06. The van der Waals surface area contributed by atoms with Crippen molar-refractivity contribution in [2.45, 2.75) is 6.61 Å². The molecule has 2 aromatic rings. The average Bonchev–Trinajstić information content (AvgIpc) is 2.41. The van der Waals surface area contributed by atoms with E-state index in [1.807, 2.05) is 0 Å². The first-order chi connectivity index (χ1) is 9.49. The van der Waals surface area contributed by atoms with Crippen molar-refractivity contribution in [2.75, 3.05) is 0 Å². The topological polar surface area (TPSA) is 52.4 Å². The highest BCUT2D eigenvalue weighted by Crippen LogP contribution is 2.29. The van der Waals surface area contributed by atoms with Gasteiger partial charge in [-0.05, 0) is 44.0 Å². The lowest BCUT2D eigenvalue weighted by Crippen LogP contribution is -1.99. The third-order valence-corrected chi connectivity index (χ3v) is 4.10. The van der Waals surface area contributed by atoms with Gasteiger partial charge >= 0.3 is 0 Å². The van der Waals surface area contributed by atoms with Crippen molar-refractivity contribution in [3.8, 4) is 5.75 Å². The second-order valence-electron chi connectivity index (χ2n) is 3.87. The summed E-state index contributed by atoms with van der Waals surface area (Å²) < 4.78 is 19.5. The maximum atomic E-state index is 13.3. The summed E-state index contributed by atoms with van der Waals surface area (Å²) in [7, 11) is 0. The number of benzene rings is 2. The molecule has 0 aromatic heterocycles. The van der Waals surface area contributed by atoms with Crippen molar-refractivity contribution in [3.63, 3.8) is 0 Å². The Morgan fingerprint density at radius 3 is 2.65 bits per heavy atom. The lowest BCUT2D eigenvalue weighted by Gasteiger charge is -2.08. The Balaban J connectivity index is 2.17. The molecular weight excluding hydrogens is 397 g/mol. The van der Waals surface area contributed by atoms with Crippen LogP contribution >= 0.6 is 31.9 Å². The Kier molecular flexibility index (Phi) is 4.72. The maximum Gasteiger partial charge on any atom is 0.283 e. The predicted octanol–water partition coefficient (Wildman–Crippen LogP) is 4.84. The van der Waals surface area contributed by atoms with E-state index in [0.29, 0.717) is 20.3 Å². The van der Waals surface area contributed by atoms with Gasteiger partial charge in [0.2, 0.25) is 0 Å². The Labute approximate surface area is 131 Å². The Hall–Kier alpha value is -1.47. The summed E-state index contributed by atoms with van der Waals surface area (Å²) >= 11 is 6.23. The van der Waals surface area contributed by atoms with E-state index in [2.05, 4.69) is 31.9 Å². The third-order valence-electron chi connectivity index (χ3n) is 2.54. The summed E-state index contributed by atoms with van der Waals surface area (Å²) in [5, 5.41) is 10.8. The van der Waals surface area contributed by atoms with E-state index in [1.165, 1.54) is 18.2 Å². The van der Waals surface area contributed by atoms with E-state index < -0.39 is 10.7 Å². The summed E-state index contributed by atoms with van der Waals surface area (Å²) in [6.45, 7) is 0.101. The first-order valence-corrected chi connectivity index (χ1v) is 7.07. The number of nitro groups is 1. The molecule has 0 radical (unpaired) electrons. The van der Waals surface area contributed by atoms with Gasteiger partial charge < -0.3 is 4.74 Å². The summed E-state index contributed by atoms with van der Waals surface area (Å²) in [4.78, 5) is 10.3. The van der Waals surface area contributed by atoms with E-state index in [4.69, 9.17) is 4.74 Å². The molecule has 0 fully saturated rings. The van der Waals surface area contributed by atoms with E-state index in [9.17, 15) is 14.5 Å². The van der Waals surface area contributed by atoms with Crippen LogP contribution in [0.3, 0.4) is 0 Å². The summed E-state index contributed by atoms with van der Waals surface area (Å²) in [5.74, 6) is -0.0790. The Bertz CT molecular complexity index is 664. The molecule has 0 amide bonds. The Morgan fingerprint density at radius 1 is 1.25 bits per heavy atom. The molecule has 0 saturated heterocycles. The zero-order valence-corrected chi connectivity index (χ0v) is 13.1. The predicted molar refractivity (Wildman–Crippen MR) is 79.2 cm³/mol. The molecule has 0 spiro atoms. The number of hydrogen-bond donors (Lipinski definition) is 0. The van der Waals surface area contributed by atoms with Gasteiger partial charge in [-0.25, -0.2) is 4.39 Å². The molecule has 20 heavy (non-hydrogen) atoms. The zero-order valence-electron chi connectivity index (χ0n) is 9.98. The van der Waals surface area contributed by atoms with Crippen LogP contribution in [0.25, 0.3) is 0 Å². The van der Waals surface area contributed by atoms with Gasteiger partial charge in [0.05, 0.1) is 9.40 Å². The van der Waals surface area contributed by atoms with E-state index in [-0.39, 0.29) is 12.3 Å². The van der Waals surface area contributed by atoms with Gasteiger partial charge in [0, 0.05) is 17.7 Å². The van der Waals surface area contributed by atoms with E-state index in [1.54, 1.807) is 18.2 Å². The molecule has 0 atom stereocenters. The van der Waals surface area contributed by atoms with Crippen LogP contribution < -0.4 is 4.74 Å². The van der Waals surface area contributed by atoms with Crippen LogP contribution in [0.4, 0.5) is 10.1 Å². The van der Waals surface area contributed by atoms with Crippen LogP contribution in [0.2, 0.25) is 0 Å². The zero-order chi connectivity index (χ0) is 14.7. The number of nitrogens with zero attached hydrogens (tertiary/aromatic N) is 1. The van der Waals surface area contributed by atoms with Crippen molar-refractivity contribution < 1.29 is 14.1 Å². The molecule has 4 nitrogen and oxygen atoms in total. The molecule has 0 aliphatic carbocycles. The number of nitro benzene ring substituents is 1. The monoisotopic (exact) mass is 403 g/mol. The molecule has 0 unspecified atom stereocenters. The first kappa shape index (κ1) is 14.9. The summed E-state index contributed by atoms with van der Waals surface area (Å²) in [5.41, 5.74) is 0.579. The lowest BCUT2D eigenvalue weighted by atomic mass is 10.2. The molecule has 0 aliphatic heterocycles. The first-order valence-electron chi connectivity index (χ1n) is 5.48. The van der Waals surface area contributed by atoms with Crippen LogP contribution in [0.15, 0.2) is 45.3 Å². The quantitative estimate of drug-likeness (QED) is 0.541. The lowest BCUT2D eigenvalue weighted by molar-refractivity contribution is -0.385. The minimum absolute atomic E-state index is 0.0342. The van der Waals surface area contributed by atoms with Crippen molar-refractivity contribution in [1.82, 2.24) is 0 Å². The van der Waals surface area contributed by atoms with Gasteiger partial charge in [-0.3, -0.25) is 10.1 Å². The third kappa shape index (κ3) is 3.34. The van der Waals surface area contributed by atoms with Crippen LogP contribution in [0.1, 0.15) is 5.56 Å². The molecular formula is C13H8Br2FNO3. The number of ether oxygens (including phenoxy) is 1. The van der Waals surface area contributed by atoms with E-state index >= 15 is 0 Å². The van der Waals surface area contributed by atoms with Crippen LogP contribution in [-0.2, 0) is 6.61 Å². The minimum Gasteiger partial charge on any atom is -0.489 e. The molecule has 0 N–H and O–H groups in total. The normalized spacial score (nSPS) is 10.3.